The van der Waals surface area contributed by atoms with Crippen LogP contribution in [0, 0.1) is 0 Å². The molecule has 1 aromatic carbocycles. The molecule has 0 aliphatic heterocycles. The third-order valence-electron chi connectivity index (χ3n) is 3.86. The van der Waals surface area contributed by atoms with Crippen LogP contribution in [0.1, 0.15) is 43.0 Å². The minimum Gasteiger partial charge on any atom is -0.494 e. The number of methoxy groups -OCH3 is 1. The van der Waals surface area contributed by atoms with E-state index in [0.29, 0.717) is 6.61 Å². The van der Waals surface area contributed by atoms with E-state index in [2.05, 4.69) is 37.9 Å². The van der Waals surface area contributed by atoms with Gasteiger partial charge in [-0.3, -0.25) is 0 Å². The molecule has 1 atom stereocenters. The first-order valence-electron chi connectivity index (χ1n) is 6.72. The Morgan fingerprint density at radius 1 is 1.37 bits per heavy atom. The summed E-state index contributed by atoms with van der Waals surface area (Å²) in [6.07, 6.45) is 4.57. The molecule has 0 bridgehead atoms. The van der Waals surface area contributed by atoms with Gasteiger partial charge in [-0.2, -0.15) is 0 Å². The summed E-state index contributed by atoms with van der Waals surface area (Å²) in [6, 6.07) is 6.17. The Balaban J connectivity index is 2.17. The maximum atomic E-state index is 5.72. The molecule has 0 spiro atoms. The lowest BCUT2D eigenvalue weighted by molar-refractivity contribution is -0.0773. The fourth-order valence-electron chi connectivity index (χ4n) is 2.55. The molecule has 1 saturated carbocycles. The van der Waals surface area contributed by atoms with Crippen LogP contribution in [0.15, 0.2) is 22.7 Å². The summed E-state index contributed by atoms with van der Waals surface area (Å²) < 4.78 is 12.5. The average molecular weight is 392 g/mol. The topological polar surface area (TPSA) is 18.5 Å². The van der Waals surface area contributed by atoms with E-state index in [9.17, 15) is 0 Å². The number of ether oxygens (including phenoxy) is 2. The summed E-state index contributed by atoms with van der Waals surface area (Å²) >= 11 is 7.35. The van der Waals surface area contributed by atoms with Gasteiger partial charge in [0.15, 0.2) is 0 Å². The molecule has 1 aliphatic rings. The third kappa shape index (κ3) is 3.53. The zero-order valence-electron chi connectivity index (χ0n) is 11.4. The molecule has 106 valence electrons. The van der Waals surface area contributed by atoms with E-state index in [0.717, 1.165) is 29.5 Å². The normalized spacial score (nSPS) is 18.7. The van der Waals surface area contributed by atoms with E-state index < -0.39 is 0 Å². The van der Waals surface area contributed by atoms with Crippen molar-refractivity contribution in [1.29, 1.82) is 0 Å². The van der Waals surface area contributed by atoms with Crippen molar-refractivity contribution in [2.24, 2.45) is 0 Å². The van der Waals surface area contributed by atoms with Crippen LogP contribution in [-0.2, 0) is 4.74 Å². The fourth-order valence-corrected chi connectivity index (χ4v) is 3.88. The second-order valence-corrected chi connectivity index (χ2v) is 7.05. The van der Waals surface area contributed by atoms with E-state index in [1.807, 2.05) is 26.2 Å². The van der Waals surface area contributed by atoms with Crippen LogP contribution in [0.3, 0.4) is 0 Å². The van der Waals surface area contributed by atoms with Gasteiger partial charge in [-0.25, -0.2) is 0 Å². The molecule has 0 aromatic heterocycles. The number of alkyl halides is 1. The fraction of sp³-hybridized carbons (Fsp3) is 0.600. The van der Waals surface area contributed by atoms with E-state index >= 15 is 0 Å². The van der Waals surface area contributed by atoms with Gasteiger partial charge in [0.05, 0.1) is 12.2 Å². The summed E-state index contributed by atoms with van der Waals surface area (Å²) in [5.41, 5.74) is 1.25. The second kappa shape index (κ2) is 6.59. The summed E-state index contributed by atoms with van der Waals surface area (Å²) in [6.45, 7) is 2.70. The van der Waals surface area contributed by atoms with Crippen LogP contribution in [-0.4, -0.2) is 19.3 Å². The lowest BCUT2D eigenvalue weighted by Crippen LogP contribution is -2.39. The molecule has 2 nitrogen and oxygen atoms in total. The zero-order chi connectivity index (χ0) is 13.9. The maximum absolute atomic E-state index is 5.72. The minimum atomic E-state index is 0.0555. The Labute approximate surface area is 132 Å². The molecule has 0 saturated heterocycles. The predicted octanol–water partition coefficient (Wildman–Crippen LogP) is 5.24. The van der Waals surface area contributed by atoms with E-state index in [1.54, 1.807) is 0 Å². The largest absolute Gasteiger partial charge is 0.494 e. The van der Waals surface area contributed by atoms with Crippen molar-refractivity contribution in [2.75, 3.05) is 13.7 Å². The molecule has 0 radical (unpaired) electrons. The quantitative estimate of drug-likeness (QED) is 0.617. The van der Waals surface area contributed by atoms with Gasteiger partial charge in [0.2, 0.25) is 0 Å². The average Bonchev–Trinajstić information content (AvgIpc) is 2.36. The van der Waals surface area contributed by atoms with Crippen molar-refractivity contribution in [3.05, 3.63) is 28.2 Å². The van der Waals surface area contributed by atoms with Crippen molar-refractivity contribution in [2.45, 2.75) is 43.0 Å². The van der Waals surface area contributed by atoms with Gasteiger partial charge in [-0.1, -0.05) is 31.9 Å². The maximum Gasteiger partial charge on any atom is 0.123 e. The van der Waals surface area contributed by atoms with Crippen molar-refractivity contribution in [3.8, 4) is 5.75 Å². The van der Waals surface area contributed by atoms with Gasteiger partial charge >= 0.3 is 0 Å². The smallest absolute Gasteiger partial charge is 0.123 e. The monoisotopic (exact) mass is 390 g/mol. The Morgan fingerprint density at radius 2 is 2.11 bits per heavy atom. The van der Waals surface area contributed by atoms with Crippen LogP contribution >= 0.6 is 31.9 Å². The first-order chi connectivity index (χ1) is 9.10. The number of hydrogen-bond donors (Lipinski definition) is 0. The first-order valence-corrected chi connectivity index (χ1v) is 8.42. The highest BCUT2D eigenvalue weighted by atomic mass is 79.9. The van der Waals surface area contributed by atoms with Gasteiger partial charge in [0.25, 0.3) is 0 Å². The van der Waals surface area contributed by atoms with Crippen LogP contribution in [0.25, 0.3) is 0 Å². The van der Waals surface area contributed by atoms with Gasteiger partial charge in [-0.15, -0.1) is 0 Å². The number of benzene rings is 1. The van der Waals surface area contributed by atoms with Crippen LogP contribution in [0.4, 0.5) is 0 Å². The molecule has 1 aliphatic carbocycles. The lowest BCUT2D eigenvalue weighted by Gasteiger charge is -2.42. The predicted molar refractivity (Wildman–Crippen MR) is 85.2 cm³/mol. The summed E-state index contributed by atoms with van der Waals surface area (Å²) in [4.78, 5) is 0.256. The van der Waals surface area contributed by atoms with Gasteiger partial charge in [0.1, 0.15) is 5.75 Å². The summed E-state index contributed by atoms with van der Waals surface area (Å²) in [5, 5.41) is 0. The molecule has 1 fully saturated rings. The highest BCUT2D eigenvalue weighted by Crippen LogP contribution is 2.46. The third-order valence-corrected chi connectivity index (χ3v) is 5.17. The van der Waals surface area contributed by atoms with E-state index in [4.69, 9.17) is 9.47 Å². The van der Waals surface area contributed by atoms with E-state index in [1.165, 1.54) is 12.0 Å². The Bertz CT molecular complexity index is 425. The van der Waals surface area contributed by atoms with Crippen LogP contribution < -0.4 is 4.74 Å². The van der Waals surface area contributed by atoms with Crippen molar-refractivity contribution in [1.82, 2.24) is 0 Å². The van der Waals surface area contributed by atoms with Crippen molar-refractivity contribution >= 4 is 31.9 Å². The van der Waals surface area contributed by atoms with Gasteiger partial charge in [-0.05, 0) is 50.8 Å². The Morgan fingerprint density at radius 3 is 2.63 bits per heavy atom. The molecule has 2 rings (SSSR count). The first kappa shape index (κ1) is 15.3. The van der Waals surface area contributed by atoms with Crippen LogP contribution in [0.2, 0.25) is 0 Å². The standard InChI is InChI=1S/C15H20Br2O2/c1-3-19-14-6-5-11(16)9-12(14)13(17)10-15(18-2)7-4-8-15/h5-6,9,13H,3-4,7-8,10H2,1-2H3. The minimum absolute atomic E-state index is 0.0555. The lowest BCUT2D eigenvalue weighted by atomic mass is 9.76. The van der Waals surface area contributed by atoms with E-state index in [-0.39, 0.29) is 10.4 Å². The molecular weight excluding hydrogens is 372 g/mol. The number of halogens is 2. The molecule has 1 aromatic rings. The highest BCUT2D eigenvalue weighted by molar-refractivity contribution is 9.10. The molecule has 0 amide bonds. The number of rotatable bonds is 6. The highest BCUT2D eigenvalue weighted by Gasteiger charge is 2.39. The second-order valence-electron chi connectivity index (χ2n) is 5.03. The number of hydrogen-bond acceptors (Lipinski definition) is 2. The van der Waals surface area contributed by atoms with Crippen molar-refractivity contribution < 1.29 is 9.47 Å². The zero-order valence-corrected chi connectivity index (χ0v) is 14.6. The molecule has 0 heterocycles. The Hall–Kier alpha value is -0.0600. The van der Waals surface area contributed by atoms with Crippen molar-refractivity contribution in [3.63, 3.8) is 0 Å². The SMILES string of the molecule is CCOc1ccc(Br)cc1C(Br)CC1(OC)CCC1. The molecule has 4 heteroatoms. The summed E-state index contributed by atoms with van der Waals surface area (Å²) in [5.74, 6) is 0.957. The molecule has 19 heavy (non-hydrogen) atoms. The summed E-state index contributed by atoms with van der Waals surface area (Å²) in [7, 11) is 1.82. The molecule has 1 unspecified atom stereocenters. The van der Waals surface area contributed by atoms with Gasteiger partial charge in [0, 0.05) is 22.0 Å². The molecule has 0 N–H and O–H groups in total. The van der Waals surface area contributed by atoms with Gasteiger partial charge < -0.3 is 9.47 Å². The van der Waals surface area contributed by atoms with Crippen LogP contribution in [0.5, 0.6) is 5.75 Å². The Kier molecular flexibility index (Phi) is 5.32. The molecular formula is C15H20Br2O2.